The van der Waals surface area contributed by atoms with Crippen molar-refractivity contribution in [2.45, 2.75) is 0 Å². The van der Waals surface area contributed by atoms with E-state index in [-0.39, 0.29) is 0 Å². The van der Waals surface area contributed by atoms with Gasteiger partial charge in [-0.2, -0.15) is 10.2 Å². The van der Waals surface area contributed by atoms with Gasteiger partial charge in [-0.15, -0.1) is 0 Å². The highest BCUT2D eigenvalue weighted by atomic mass is 35.5. The summed E-state index contributed by atoms with van der Waals surface area (Å²) in [6, 6.07) is 9.25. The van der Waals surface area contributed by atoms with Crippen molar-refractivity contribution in [1.29, 1.82) is 5.26 Å². The Hall–Kier alpha value is -2.03. The van der Waals surface area contributed by atoms with Crippen LogP contribution in [0.3, 0.4) is 0 Å². The van der Waals surface area contributed by atoms with Crippen LogP contribution in [0.5, 0.6) is 0 Å². The zero-order valence-corrected chi connectivity index (χ0v) is 11.4. The molecule has 0 unspecified atom stereocenters. The smallest absolute Gasteiger partial charge is 0.235 e. The van der Waals surface area contributed by atoms with E-state index < -0.39 is 0 Å². The third-order valence-corrected chi connectivity index (χ3v) is 3.36. The molecule has 20 heavy (non-hydrogen) atoms. The fourth-order valence-corrected chi connectivity index (χ4v) is 2.21. The molecule has 0 N–H and O–H groups in total. The maximum atomic E-state index is 9.20. The summed E-state index contributed by atoms with van der Waals surface area (Å²) in [7, 11) is 0. The molecule has 0 amide bonds. The first-order valence-corrected chi connectivity index (χ1v) is 6.65. The molecule has 1 fully saturated rings. The van der Waals surface area contributed by atoms with Crippen LogP contribution in [0, 0.1) is 11.3 Å². The summed E-state index contributed by atoms with van der Waals surface area (Å²) in [5.74, 6) is 0.945. The van der Waals surface area contributed by atoms with E-state index in [0.717, 1.165) is 5.56 Å². The molecule has 1 aliphatic rings. The molecule has 1 saturated heterocycles. The molecular formula is C14H12ClN3O2. The van der Waals surface area contributed by atoms with Crippen LogP contribution in [0.2, 0.25) is 5.02 Å². The Kier molecular flexibility index (Phi) is 3.59. The van der Waals surface area contributed by atoms with Crippen LogP contribution in [0.25, 0.3) is 11.5 Å². The van der Waals surface area contributed by atoms with Crippen molar-refractivity contribution in [3.8, 4) is 17.5 Å². The molecule has 0 atom stereocenters. The molecule has 1 aliphatic heterocycles. The molecule has 2 aromatic rings. The number of aromatic nitrogens is 1. The van der Waals surface area contributed by atoms with Gasteiger partial charge in [0.25, 0.3) is 0 Å². The monoisotopic (exact) mass is 289 g/mol. The van der Waals surface area contributed by atoms with Gasteiger partial charge in [0, 0.05) is 23.7 Å². The summed E-state index contributed by atoms with van der Waals surface area (Å²) in [6.45, 7) is 2.65. The Morgan fingerprint density at radius 2 is 1.90 bits per heavy atom. The molecule has 0 saturated carbocycles. The van der Waals surface area contributed by atoms with Crippen LogP contribution in [0.15, 0.2) is 28.7 Å². The van der Waals surface area contributed by atoms with Gasteiger partial charge in [-0.3, -0.25) is 0 Å². The number of hydrogen-bond acceptors (Lipinski definition) is 5. The minimum Gasteiger partial charge on any atom is -0.419 e. The van der Waals surface area contributed by atoms with Crippen LogP contribution >= 0.6 is 11.6 Å². The summed E-state index contributed by atoms with van der Waals surface area (Å²) in [6.07, 6.45) is 0. The lowest BCUT2D eigenvalue weighted by Crippen LogP contribution is -2.36. The zero-order valence-electron chi connectivity index (χ0n) is 10.7. The largest absolute Gasteiger partial charge is 0.419 e. The minimum absolute atomic E-state index is 0.303. The van der Waals surface area contributed by atoms with Crippen molar-refractivity contribution in [2.24, 2.45) is 0 Å². The summed E-state index contributed by atoms with van der Waals surface area (Å²) in [5.41, 5.74) is 1.10. The molecule has 0 aliphatic carbocycles. The van der Waals surface area contributed by atoms with E-state index in [1.165, 1.54) is 0 Å². The van der Waals surface area contributed by atoms with E-state index in [9.17, 15) is 5.26 Å². The van der Waals surface area contributed by atoms with Crippen molar-refractivity contribution in [2.75, 3.05) is 31.2 Å². The Bertz CT molecular complexity index is 639. The van der Waals surface area contributed by atoms with E-state index >= 15 is 0 Å². The van der Waals surface area contributed by atoms with E-state index in [4.69, 9.17) is 20.8 Å². The molecule has 0 spiro atoms. The number of anilines is 1. The number of ether oxygens (including phenoxy) is 1. The molecule has 1 aromatic carbocycles. The first-order chi connectivity index (χ1) is 9.78. The second-order valence-corrected chi connectivity index (χ2v) is 4.83. The van der Waals surface area contributed by atoms with Crippen molar-refractivity contribution < 1.29 is 9.15 Å². The lowest BCUT2D eigenvalue weighted by Gasteiger charge is -2.25. The van der Waals surface area contributed by atoms with E-state index in [1.807, 2.05) is 17.0 Å². The molecule has 3 rings (SSSR count). The van der Waals surface area contributed by atoms with Crippen LogP contribution in [-0.4, -0.2) is 31.3 Å². The zero-order chi connectivity index (χ0) is 13.9. The summed E-state index contributed by atoms with van der Waals surface area (Å²) in [5, 5.41) is 9.85. The molecule has 0 bridgehead atoms. The quantitative estimate of drug-likeness (QED) is 0.850. The second-order valence-electron chi connectivity index (χ2n) is 4.39. The van der Waals surface area contributed by atoms with Crippen LogP contribution in [0.4, 0.5) is 5.88 Å². The first kappa shape index (κ1) is 13.0. The third-order valence-electron chi connectivity index (χ3n) is 3.10. The standard InChI is InChI=1S/C14H12ClN3O2/c15-11-3-1-10(2-4-11)13-17-12(9-16)14(20-13)18-5-7-19-8-6-18/h1-4H,5-8H2. The summed E-state index contributed by atoms with van der Waals surface area (Å²) < 4.78 is 11.1. The maximum Gasteiger partial charge on any atom is 0.235 e. The Morgan fingerprint density at radius 3 is 2.55 bits per heavy atom. The normalized spacial score (nSPS) is 15.1. The van der Waals surface area contributed by atoms with Gasteiger partial charge in [0.15, 0.2) is 0 Å². The predicted octanol–water partition coefficient (Wildman–Crippen LogP) is 2.70. The van der Waals surface area contributed by atoms with Crippen molar-refractivity contribution in [3.05, 3.63) is 35.0 Å². The number of nitriles is 1. The minimum atomic E-state index is 0.303. The van der Waals surface area contributed by atoms with Crippen LogP contribution in [-0.2, 0) is 4.74 Å². The summed E-state index contributed by atoms with van der Waals surface area (Å²) in [4.78, 5) is 6.23. The highest BCUT2D eigenvalue weighted by Gasteiger charge is 2.22. The molecule has 2 heterocycles. The number of benzene rings is 1. The Balaban J connectivity index is 1.96. The van der Waals surface area contributed by atoms with Crippen molar-refractivity contribution >= 4 is 17.5 Å². The van der Waals surface area contributed by atoms with Gasteiger partial charge in [0.2, 0.25) is 17.5 Å². The van der Waals surface area contributed by atoms with E-state index in [2.05, 4.69) is 11.1 Å². The van der Waals surface area contributed by atoms with Crippen molar-refractivity contribution in [3.63, 3.8) is 0 Å². The lowest BCUT2D eigenvalue weighted by molar-refractivity contribution is 0.121. The lowest BCUT2D eigenvalue weighted by atomic mass is 10.2. The topological polar surface area (TPSA) is 62.3 Å². The highest BCUT2D eigenvalue weighted by molar-refractivity contribution is 6.30. The van der Waals surface area contributed by atoms with Gasteiger partial charge in [0.1, 0.15) is 6.07 Å². The molecule has 102 valence electrons. The fourth-order valence-electron chi connectivity index (χ4n) is 2.08. The molecule has 5 nitrogen and oxygen atoms in total. The molecular weight excluding hydrogens is 278 g/mol. The van der Waals surface area contributed by atoms with Gasteiger partial charge in [0.05, 0.1) is 13.2 Å². The fraction of sp³-hybridized carbons (Fsp3) is 0.286. The Labute approximate surface area is 121 Å². The SMILES string of the molecule is N#Cc1nc(-c2ccc(Cl)cc2)oc1N1CCOCC1. The van der Waals surface area contributed by atoms with Gasteiger partial charge in [-0.1, -0.05) is 11.6 Å². The number of hydrogen-bond donors (Lipinski definition) is 0. The van der Waals surface area contributed by atoms with Crippen LogP contribution < -0.4 is 4.90 Å². The number of nitrogens with zero attached hydrogens (tertiary/aromatic N) is 3. The highest BCUT2D eigenvalue weighted by Crippen LogP contribution is 2.29. The Morgan fingerprint density at radius 1 is 1.20 bits per heavy atom. The molecule has 1 aromatic heterocycles. The van der Waals surface area contributed by atoms with Gasteiger partial charge in [-0.25, -0.2) is 0 Å². The average Bonchev–Trinajstić information content (AvgIpc) is 2.93. The number of halogens is 1. The van der Waals surface area contributed by atoms with Crippen LogP contribution in [0.1, 0.15) is 5.69 Å². The van der Waals surface area contributed by atoms with Crippen molar-refractivity contribution in [1.82, 2.24) is 4.98 Å². The second kappa shape index (κ2) is 5.53. The maximum absolute atomic E-state index is 9.20. The molecule has 6 heteroatoms. The molecule has 0 radical (unpaired) electrons. The predicted molar refractivity (Wildman–Crippen MR) is 74.7 cm³/mol. The number of oxazole rings is 1. The van der Waals surface area contributed by atoms with E-state index in [1.54, 1.807) is 12.1 Å². The first-order valence-electron chi connectivity index (χ1n) is 6.27. The summed E-state index contributed by atoms with van der Waals surface area (Å²) >= 11 is 5.86. The third kappa shape index (κ3) is 2.48. The average molecular weight is 290 g/mol. The number of morpholine rings is 1. The van der Waals surface area contributed by atoms with Gasteiger partial charge in [-0.05, 0) is 24.3 Å². The van der Waals surface area contributed by atoms with E-state index in [0.29, 0.717) is 48.8 Å². The van der Waals surface area contributed by atoms with Gasteiger partial charge >= 0.3 is 0 Å². The number of rotatable bonds is 2. The van der Waals surface area contributed by atoms with Gasteiger partial charge < -0.3 is 14.1 Å².